The van der Waals surface area contributed by atoms with Crippen LogP contribution in [0.15, 0.2) is 11.5 Å². The Labute approximate surface area is 76.5 Å². The average Bonchev–Trinajstić information content (AvgIpc) is 2.03. The van der Waals surface area contributed by atoms with Crippen LogP contribution in [-0.2, 0) is 0 Å². The van der Waals surface area contributed by atoms with Crippen molar-refractivity contribution in [1.82, 2.24) is 0 Å². The molecule has 0 radical (unpaired) electrons. The van der Waals surface area contributed by atoms with E-state index >= 15 is 0 Å². The van der Waals surface area contributed by atoms with Crippen LogP contribution in [0.2, 0.25) is 0 Å². The van der Waals surface area contributed by atoms with Crippen molar-refractivity contribution in [2.24, 2.45) is 0 Å². The molecular weight excluding hydrogens is 152 g/mol. The van der Waals surface area contributed by atoms with Gasteiger partial charge in [0, 0.05) is 0 Å². The highest BCUT2D eigenvalue weighted by Crippen LogP contribution is 2.06. The van der Waals surface area contributed by atoms with E-state index in [0.29, 0.717) is 0 Å². The van der Waals surface area contributed by atoms with Crippen LogP contribution in [0, 0.1) is 0 Å². The van der Waals surface area contributed by atoms with E-state index in [2.05, 4.69) is 25.6 Å². The summed E-state index contributed by atoms with van der Waals surface area (Å²) in [5.74, 6) is 0. The molecule has 0 nitrogen and oxygen atoms in total. The summed E-state index contributed by atoms with van der Waals surface area (Å²) in [5.41, 5.74) is 0. The zero-order chi connectivity index (χ0) is 8.36. The first-order valence-electron chi connectivity index (χ1n) is 4.71. The van der Waals surface area contributed by atoms with Gasteiger partial charge in [-0.3, -0.25) is 0 Å². The Bertz CT molecular complexity index is 86.9. The molecular formula is C10H20S. The summed E-state index contributed by atoms with van der Waals surface area (Å²) >= 11 is 4.00. The van der Waals surface area contributed by atoms with Crippen LogP contribution in [0.3, 0.4) is 0 Å². The maximum Gasteiger partial charge on any atom is -0.0343 e. The van der Waals surface area contributed by atoms with Gasteiger partial charge in [0.25, 0.3) is 0 Å². The molecule has 0 N–H and O–H groups in total. The van der Waals surface area contributed by atoms with E-state index in [1.807, 2.05) is 5.41 Å². The molecule has 0 atom stereocenters. The quantitative estimate of drug-likeness (QED) is 0.432. The third-order valence-corrected chi connectivity index (χ3v) is 2.04. The topological polar surface area (TPSA) is 0 Å². The van der Waals surface area contributed by atoms with Gasteiger partial charge >= 0.3 is 0 Å². The molecule has 0 amide bonds. The highest BCUT2D eigenvalue weighted by Gasteiger charge is 1.87. The van der Waals surface area contributed by atoms with Crippen molar-refractivity contribution >= 4 is 12.6 Å². The van der Waals surface area contributed by atoms with Crippen molar-refractivity contribution in [3.8, 4) is 0 Å². The van der Waals surface area contributed by atoms with E-state index < -0.39 is 0 Å². The zero-order valence-electron chi connectivity index (χ0n) is 7.55. The SMILES string of the molecule is CCCCCCCC/C=C/S. The van der Waals surface area contributed by atoms with E-state index in [4.69, 9.17) is 0 Å². The molecule has 0 aliphatic heterocycles. The van der Waals surface area contributed by atoms with Gasteiger partial charge in [0.1, 0.15) is 0 Å². The monoisotopic (exact) mass is 172 g/mol. The smallest absolute Gasteiger partial charge is 0.0343 e. The molecule has 1 heteroatoms. The third-order valence-electron chi connectivity index (χ3n) is 1.83. The molecule has 0 saturated heterocycles. The molecule has 0 rings (SSSR count). The highest BCUT2D eigenvalue weighted by molar-refractivity contribution is 7.83. The van der Waals surface area contributed by atoms with Crippen molar-refractivity contribution in [2.45, 2.75) is 51.9 Å². The average molecular weight is 172 g/mol. The fourth-order valence-corrected chi connectivity index (χ4v) is 1.27. The van der Waals surface area contributed by atoms with E-state index in [1.54, 1.807) is 0 Å². The predicted octanol–water partition coefficient (Wildman–Crippen LogP) is 4.18. The fraction of sp³-hybridized carbons (Fsp3) is 0.800. The highest BCUT2D eigenvalue weighted by atomic mass is 32.1. The van der Waals surface area contributed by atoms with E-state index in [-0.39, 0.29) is 0 Å². The van der Waals surface area contributed by atoms with Gasteiger partial charge in [0.2, 0.25) is 0 Å². The molecule has 66 valence electrons. The summed E-state index contributed by atoms with van der Waals surface area (Å²) in [4.78, 5) is 0. The van der Waals surface area contributed by atoms with Gasteiger partial charge in [-0.1, -0.05) is 45.1 Å². The Hall–Kier alpha value is 0.0900. The molecule has 0 aromatic heterocycles. The van der Waals surface area contributed by atoms with E-state index in [1.165, 1.54) is 44.9 Å². The van der Waals surface area contributed by atoms with Crippen LogP contribution in [0.1, 0.15) is 51.9 Å². The van der Waals surface area contributed by atoms with Gasteiger partial charge in [0.15, 0.2) is 0 Å². The Morgan fingerprint density at radius 2 is 1.64 bits per heavy atom. The van der Waals surface area contributed by atoms with E-state index in [9.17, 15) is 0 Å². The van der Waals surface area contributed by atoms with Crippen LogP contribution in [0.4, 0.5) is 0 Å². The molecule has 0 bridgehead atoms. The number of unbranched alkanes of at least 4 members (excludes halogenated alkanes) is 6. The van der Waals surface area contributed by atoms with Crippen LogP contribution < -0.4 is 0 Å². The maximum atomic E-state index is 4.00. The third kappa shape index (κ3) is 10.1. The summed E-state index contributed by atoms with van der Waals surface area (Å²) in [7, 11) is 0. The van der Waals surface area contributed by atoms with Crippen molar-refractivity contribution < 1.29 is 0 Å². The second kappa shape index (κ2) is 10.1. The standard InChI is InChI=1S/C10H20S/c1-2-3-4-5-6-7-8-9-10-11/h9-11H,2-8H2,1H3/b10-9+. The van der Waals surface area contributed by atoms with Crippen LogP contribution >= 0.6 is 12.6 Å². The minimum absolute atomic E-state index is 1.20. The lowest BCUT2D eigenvalue weighted by Crippen LogP contribution is -1.77. The number of hydrogen-bond acceptors (Lipinski definition) is 1. The first-order valence-corrected chi connectivity index (χ1v) is 5.22. The van der Waals surface area contributed by atoms with Gasteiger partial charge in [-0.05, 0) is 18.2 Å². The number of allylic oxidation sites excluding steroid dienone is 1. The first-order chi connectivity index (χ1) is 5.41. The van der Waals surface area contributed by atoms with Crippen molar-refractivity contribution in [3.05, 3.63) is 11.5 Å². The second-order valence-corrected chi connectivity index (χ2v) is 3.24. The zero-order valence-corrected chi connectivity index (χ0v) is 8.45. The summed E-state index contributed by atoms with van der Waals surface area (Å²) in [6.07, 6.45) is 11.6. The number of hydrogen-bond donors (Lipinski definition) is 1. The molecule has 11 heavy (non-hydrogen) atoms. The molecule has 0 aromatic rings. The summed E-state index contributed by atoms with van der Waals surface area (Å²) < 4.78 is 0. The Morgan fingerprint density at radius 1 is 1.00 bits per heavy atom. The largest absolute Gasteiger partial charge is 0.152 e. The Balaban J connectivity index is 2.79. The molecule has 0 spiro atoms. The molecule has 0 aromatic carbocycles. The second-order valence-electron chi connectivity index (χ2n) is 2.94. The minimum atomic E-state index is 1.20. The fourth-order valence-electron chi connectivity index (χ4n) is 1.12. The van der Waals surface area contributed by atoms with Crippen molar-refractivity contribution in [2.75, 3.05) is 0 Å². The van der Waals surface area contributed by atoms with Crippen LogP contribution in [0.5, 0.6) is 0 Å². The lowest BCUT2D eigenvalue weighted by molar-refractivity contribution is 0.611. The summed E-state index contributed by atoms with van der Waals surface area (Å²) in [5, 5.41) is 1.84. The molecule has 0 aliphatic carbocycles. The Kier molecular flexibility index (Phi) is 10.2. The molecule has 0 unspecified atom stereocenters. The van der Waals surface area contributed by atoms with Gasteiger partial charge < -0.3 is 0 Å². The lowest BCUT2D eigenvalue weighted by atomic mass is 10.1. The number of thiol groups is 1. The minimum Gasteiger partial charge on any atom is -0.152 e. The first kappa shape index (κ1) is 11.1. The molecule has 0 aliphatic rings. The van der Waals surface area contributed by atoms with Gasteiger partial charge in [-0.2, -0.15) is 12.6 Å². The summed E-state index contributed by atoms with van der Waals surface area (Å²) in [6.45, 7) is 2.25. The van der Waals surface area contributed by atoms with Gasteiger partial charge in [-0.25, -0.2) is 0 Å². The molecule has 0 fully saturated rings. The predicted molar refractivity (Wildman–Crippen MR) is 56.1 cm³/mol. The van der Waals surface area contributed by atoms with Crippen molar-refractivity contribution in [3.63, 3.8) is 0 Å². The van der Waals surface area contributed by atoms with Crippen molar-refractivity contribution in [1.29, 1.82) is 0 Å². The number of rotatable bonds is 7. The van der Waals surface area contributed by atoms with Gasteiger partial charge in [-0.15, -0.1) is 0 Å². The molecule has 0 saturated carbocycles. The lowest BCUT2D eigenvalue weighted by Gasteiger charge is -1.96. The van der Waals surface area contributed by atoms with Crippen LogP contribution in [0.25, 0.3) is 0 Å². The molecule has 0 heterocycles. The normalized spacial score (nSPS) is 11.1. The van der Waals surface area contributed by atoms with Gasteiger partial charge in [0.05, 0.1) is 0 Å². The Morgan fingerprint density at radius 3 is 2.27 bits per heavy atom. The van der Waals surface area contributed by atoms with E-state index in [0.717, 1.165) is 0 Å². The maximum absolute atomic E-state index is 4.00. The summed E-state index contributed by atoms with van der Waals surface area (Å²) in [6, 6.07) is 0. The van der Waals surface area contributed by atoms with Crippen LogP contribution in [-0.4, -0.2) is 0 Å².